The molecule has 0 saturated heterocycles. The number of aryl methyl sites for hydroxylation is 1. The lowest BCUT2D eigenvalue weighted by molar-refractivity contribution is 0.276. The third kappa shape index (κ3) is 4.81. The summed E-state index contributed by atoms with van der Waals surface area (Å²) in [5, 5.41) is 3.61. The fourth-order valence-electron chi connectivity index (χ4n) is 2.31. The van der Waals surface area contributed by atoms with Crippen molar-refractivity contribution < 1.29 is 0 Å². The number of hydrogen-bond acceptors (Lipinski definition) is 2. The molecule has 0 aliphatic heterocycles. The molecular formula is C15H27NS. The van der Waals surface area contributed by atoms with Gasteiger partial charge in [0.2, 0.25) is 0 Å². The lowest BCUT2D eigenvalue weighted by Crippen LogP contribution is -2.29. The van der Waals surface area contributed by atoms with E-state index in [1.54, 1.807) is 0 Å². The molecule has 2 heteroatoms. The average Bonchev–Trinajstić information content (AvgIpc) is 2.71. The van der Waals surface area contributed by atoms with Gasteiger partial charge in [-0.15, -0.1) is 11.3 Å². The number of hydrogen-bond donors (Lipinski definition) is 1. The first-order chi connectivity index (χ1) is 8.04. The van der Waals surface area contributed by atoms with Gasteiger partial charge < -0.3 is 5.32 Å². The van der Waals surface area contributed by atoms with Crippen LogP contribution in [0.4, 0.5) is 0 Å². The van der Waals surface area contributed by atoms with Gasteiger partial charge in [0.05, 0.1) is 0 Å². The van der Waals surface area contributed by atoms with Crippen LogP contribution in [0.2, 0.25) is 0 Å². The van der Waals surface area contributed by atoms with Gasteiger partial charge in [-0.3, -0.25) is 0 Å². The highest BCUT2D eigenvalue weighted by Crippen LogP contribution is 2.20. The van der Waals surface area contributed by atoms with E-state index in [0.717, 1.165) is 37.3 Å². The minimum Gasteiger partial charge on any atom is -0.312 e. The first-order valence-corrected chi connectivity index (χ1v) is 7.64. The molecule has 0 aromatic carbocycles. The van der Waals surface area contributed by atoms with Gasteiger partial charge in [-0.25, -0.2) is 0 Å². The van der Waals surface area contributed by atoms with Gasteiger partial charge >= 0.3 is 0 Å². The molecule has 0 amide bonds. The Morgan fingerprint density at radius 2 is 1.65 bits per heavy atom. The first-order valence-electron chi connectivity index (χ1n) is 6.82. The molecule has 0 unspecified atom stereocenters. The van der Waals surface area contributed by atoms with Crippen LogP contribution >= 0.6 is 11.3 Å². The Labute approximate surface area is 111 Å². The largest absolute Gasteiger partial charge is 0.312 e. The molecule has 1 nitrogen and oxygen atoms in total. The summed E-state index contributed by atoms with van der Waals surface area (Å²) in [4.78, 5) is 2.96. The van der Waals surface area contributed by atoms with Crippen LogP contribution in [-0.2, 0) is 13.0 Å². The van der Waals surface area contributed by atoms with Gasteiger partial charge in [0.1, 0.15) is 0 Å². The predicted octanol–water partition coefficient (Wildman–Crippen LogP) is 4.33. The molecule has 0 bridgehead atoms. The van der Waals surface area contributed by atoms with E-state index in [0.29, 0.717) is 0 Å². The van der Waals surface area contributed by atoms with E-state index in [1.165, 1.54) is 9.75 Å². The lowest BCUT2D eigenvalue weighted by Gasteiger charge is -2.25. The van der Waals surface area contributed by atoms with Crippen molar-refractivity contribution in [1.82, 2.24) is 5.32 Å². The summed E-state index contributed by atoms with van der Waals surface area (Å²) in [6, 6.07) is 4.51. The van der Waals surface area contributed by atoms with Gasteiger partial charge in [-0.2, -0.15) is 0 Å². The van der Waals surface area contributed by atoms with Gasteiger partial charge in [0.15, 0.2) is 0 Å². The van der Waals surface area contributed by atoms with Gasteiger partial charge in [0, 0.05) is 16.3 Å². The summed E-state index contributed by atoms with van der Waals surface area (Å²) >= 11 is 1.94. The molecule has 1 heterocycles. The Bertz CT molecular complexity index is 306. The molecule has 0 spiro atoms. The molecule has 0 fully saturated rings. The molecule has 0 aliphatic carbocycles. The van der Waals surface area contributed by atoms with Crippen LogP contribution in [0.25, 0.3) is 0 Å². The second kappa shape index (κ2) is 7.17. The predicted molar refractivity (Wildman–Crippen MR) is 78.6 cm³/mol. The van der Waals surface area contributed by atoms with Crippen LogP contribution in [0, 0.1) is 17.8 Å². The second-order valence-electron chi connectivity index (χ2n) is 5.50. The van der Waals surface area contributed by atoms with Crippen molar-refractivity contribution in [1.29, 1.82) is 0 Å². The maximum absolute atomic E-state index is 3.61. The standard InChI is InChI=1S/C15H27NS/c1-6-13-7-8-14(17-13)9-16-10-15(11(2)3)12(4)5/h7-8,11-12,15-16H,6,9-10H2,1-5H3. The maximum atomic E-state index is 3.61. The average molecular weight is 253 g/mol. The van der Waals surface area contributed by atoms with Crippen LogP contribution in [-0.4, -0.2) is 6.54 Å². The number of rotatable bonds is 7. The summed E-state index contributed by atoms with van der Waals surface area (Å²) in [6.07, 6.45) is 1.16. The van der Waals surface area contributed by atoms with Crippen molar-refractivity contribution in [2.24, 2.45) is 17.8 Å². The Balaban J connectivity index is 2.35. The van der Waals surface area contributed by atoms with E-state index in [-0.39, 0.29) is 0 Å². The van der Waals surface area contributed by atoms with E-state index in [9.17, 15) is 0 Å². The second-order valence-corrected chi connectivity index (χ2v) is 6.76. The van der Waals surface area contributed by atoms with Gasteiger partial charge in [-0.1, -0.05) is 34.6 Å². The van der Waals surface area contributed by atoms with Crippen molar-refractivity contribution in [3.05, 3.63) is 21.9 Å². The van der Waals surface area contributed by atoms with E-state index in [2.05, 4.69) is 52.1 Å². The minimum atomic E-state index is 0.761. The van der Waals surface area contributed by atoms with Crippen LogP contribution in [0.3, 0.4) is 0 Å². The fourth-order valence-corrected chi connectivity index (χ4v) is 3.24. The normalized spacial score (nSPS) is 12.0. The molecule has 0 aliphatic rings. The molecule has 98 valence electrons. The van der Waals surface area contributed by atoms with Crippen LogP contribution in [0.5, 0.6) is 0 Å². The number of thiophene rings is 1. The summed E-state index contributed by atoms with van der Waals surface area (Å²) in [6.45, 7) is 13.7. The monoisotopic (exact) mass is 253 g/mol. The van der Waals surface area contributed by atoms with E-state index >= 15 is 0 Å². The maximum Gasteiger partial charge on any atom is 0.0299 e. The van der Waals surface area contributed by atoms with Crippen molar-refractivity contribution in [2.75, 3.05) is 6.54 Å². The quantitative estimate of drug-likeness (QED) is 0.762. The van der Waals surface area contributed by atoms with Gasteiger partial charge in [0.25, 0.3) is 0 Å². The van der Waals surface area contributed by atoms with Crippen LogP contribution in [0.1, 0.15) is 44.4 Å². The zero-order valence-corrected chi connectivity index (χ0v) is 12.7. The summed E-state index contributed by atoms with van der Waals surface area (Å²) in [5.74, 6) is 2.30. The Morgan fingerprint density at radius 3 is 2.12 bits per heavy atom. The molecule has 0 atom stereocenters. The molecular weight excluding hydrogens is 226 g/mol. The van der Waals surface area contributed by atoms with Crippen LogP contribution < -0.4 is 5.32 Å². The minimum absolute atomic E-state index is 0.761. The SMILES string of the molecule is CCc1ccc(CNCC(C(C)C)C(C)C)s1. The highest BCUT2D eigenvalue weighted by atomic mass is 32.1. The molecule has 0 saturated carbocycles. The zero-order chi connectivity index (χ0) is 12.8. The third-order valence-electron chi connectivity index (χ3n) is 3.46. The first kappa shape index (κ1) is 14.7. The lowest BCUT2D eigenvalue weighted by atomic mass is 9.85. The summed E-state index contributed by atoms with van der Waals surface area (Å²) in [7, 11) is 0. The highest BCUT2D eigenvalue weighted by Gasteiger charge is 2.16. The van der Waals surface area contributed by atoms with E-state index < -0.39 is 0 Å². The topological polar surface area (TPSA) is 12.0 Å². The van der Waals surface area contributed by atoms with Crippen molar-refractivity contribution in [2.45, 2.75) is 47.6 Å². The Morgan fingerprint density at radius 1 is 1.06 bits per heavy atom. The summed E-state index contributed by atoms with van der Waals surface area (Å²) < 4.78 is 0. The molecule has 1 N–H and O–H groups in total. The number of nitrogens with one attached hydrogen (secondary N) is 1. The van der Waals surface area contributed by atoms with Crippen molar-refractivity contribution >= 4 is 11.3 Å². The summed E-state index contributed by atoms with van der Waals surface area (Å²) in [5.41, 5.74) is 0. The van der Waals surface area contributed by atoms with Crippen molar-refractivity contribution in [3.63, 3.8) is 0 Å². The molecule has 0 radical (unpaired) electrons. The van der Waals surface area contributed by atoms with Crippen molar-refractivity contribution in [3.8, 4) is 0 Å². The Kier molecular flexibility index (Phi) is 6.21. The molecule has 1 rings (SSSR count). The highest BCUT2D eigenvalue weighted by molar-refractivity contribution is 7.11. The Hall–Kier alpha value is -0.340. The zero-order valence-electron chi connectivity index (χ0n) is 11.9. The molecule has 1 aromatic heterocycles. The van der Waals surface area contributed by atoms with E-state index in [1.807, 2.05) is 11.3 Å². The smallest absolute Gasteiger partial charge is 0.0299 e. The van der Waals surface area contributed by atoms with Gasteiger partial charge in [-0.05, 0) is 42.9 Å². The molecule has 17 heavy (non-hydrogen) atoms. The fraction of sp³-hybridized carbons (Fsp3) is 0.733. The van der Waals surface area contributed by atoms with Crippen LogP contribution in [0.15, 0.2) is 12.1 Å². The third-order valence-corrected chi connectivity index (χ3v) is 4.69. The molecule has 1 aromatic rings. The van der Waals surface area contributed by atoms with E-state index in [4.69, 9.17) is 0 Å².